The van der Waals surface area contributed by atoms with Crippen LogP contribution in [0.2, 0.25) is 0 Å². The summed E-state index contributed by atoms with van der Waals surface area (Å²) >= 11 is 0. The number of carbonyl (C=O) groups excluding carboxylic acids is 1. The fourth-order valence-corrected chi connectivity index (χ4v) is 0.747. The summed E-state index contributed by atoms with van der Waals surface area (Å²) < 4.78 is 12.7. The Bertz CT molecular complexity index is 447. The van der Waals surface area contributed by atoms with E-state index in [4.69, 9.17) is 0 Å². The molecule has 0 radical (unpaired) electrons. The molecule has 70 valence electrons. The maximum Gasteiger partial charge on any atom is 0.336 e. The maximum absolute atomic E-state index is 12.6. The van der Waals surface area contributed by atoms with Gasteiger partial charge in [0, 0.05) is 13.2 Å². The highest BCUT2D eigenvalue weighted by atomic mass is 19.1. The van der Waals surface area contributed by atoms with Crippen molar-refractivity contribution >= 4 is 6.03 Å². The third-order valence-electron chi connectivity index (χ3n) is 1.35. The van der Waals surface area contributed by atoms with Crippen LogP contribution in [-0.2, 0) is 0 Å². The smallest absolute Gasteiger partial charge is 0.336 e. The summed E-state index contributed by atoms with van der Waals surface area (Å²) in [6, 6.07) is -0.981. The van der Waals surface area contributed by atoms with Gasteiger partial charge in [-0.2, -0.15) is 8.96 Å². The Morgan fingerprint density at radius 3 is 2.77 bits per heavy atom. The molecule has 13 heavy (non-hydrogen) atoms. The fraction of sp³-hybridized carbons (Fsp3) is 0.167. The van der Waals surface area contributed by atoms with Crippen LogP contribution in [-0.4, -0.2) is 22.6 Å². The van der Waals surface area contributed by atoms with Gasteiger partial charge in [-0.1, -0.05) is 0 Å². The molecule has 1 rings (SSSR count). The molecule has 7 heteroatoms. The van der Waals surface area contributed by atoms with Crippen molar-refractivity contribution < 1.29 is 9.18 Å². The molecule has 1 aromatic rings. The molecule has 6 nitrogen and oxygen atoms in total. The molecule has 0 aromatic carbocycles. The quantitative estimate of drug-likeness (QED) is 0.538. The lowest BCUT2D eigenvalue weighted by molar-refractivity contribution is 0.242. The van der Waals surface area contributed by atoms with E-state index in [9.17, 15) is 18.8 Å². The Balaban J connectivity index is 3.52. The van der Waals surface area contributed by atoms with Crippen molar-refractivity contribution in [3.05, 3.63) is 32.9 Å². The molecule has 0 spiro atoms. The molecule has 0 saturated heterocycles. The molecule has 0 aliphatic carbocycles. The number of hydrogen-bond acceptors (Lipinski definition) is 3. The highest BCUT2D eigenvalue weighted by Gasteiger charge is 2.11. The second-order valence-electron chi connectivity index (χ2n) is 2.14. The van der Waals surface area contributed by atoms with Gasteiger partial charge in [-0.3, -0.25) is 4.79 Å². The molecule has 0 aliphatic heterocycles. The lowest BCUT2D eigenvalue weighted by Gasteiger charge is -2.00. The second-order valence-corrected chi connectivity index (χ2v) is 2.14. The molecule has 0 aliphatic rings. The summed E-state index contributed by atoms with van der Waals surface area (Å²) in [7, 11) is 1.22. The Morgan fingerprint density at radius 1 is 1.62 bits per heavy atom. The van der Waals surface area contributed by atoms with Crippen LogP contribution in [0, 0.1) is 5.82 Å². The van der Waals surface area contributed by atoms with Gasteiger partial charge in [-0.15, -0.1) is 0 Å². The highest BCUT2D eigenvalue weighted by Crippen LogP contribution is 1.79. The van der Waals surface area contributed by atoms with Gasteiger partial charge in [-0.05, 0) is 0 Å². The maximum atomic E-state index is 12.6. The lowest BCUT2D eigenvalue weighted by Crippen LogP contribution is -2.45. The number of carbonyl (C=O) groups is 1. The summed E-state index contributed by atoms with van der Waals surface area (Å²) in [4.78, 5) is 34.5. The molecule has 1 heterocycles. The number of nitrogens with one attached hydrogen (secondary N) is 2. The summed E-state index contributed by atoms with van der Waals surface area (Å²) in [6.45, 7) is 0. The standard InChI is InChI=1S/C6H6FN3O3/c1-8-5(12)10-4(11)3(7)2-9-6(10)13/h2H,1H3,(H,8,12)(H,9,13). The van der Waals surface area contributed by atoms with Crippen LogP contribution in [0.1, 0.15) is 0 Å². The Labute approximate surface area is 71.0 Å². The average molecular weight is 187 g/mol. The van der Waals surface area contributed by atoms with Crippen LogP contribution in [0.4, 0.5) is 9.18 Å². The van der Waals surface area contributed by atoms with E-state index in [2.05, 4.69) is 0 Å². The van der Waals surface area contributed by atoms with Crippen molar-refractivity contribution in [1.29, 1.82) is 0 Å². The Hall–Kier alpha value is -1.92. The van der Waals surface area contributed by atoms with E-state index in [1.54, 1.807) is 0 Å². The van der Waals surface area contributed by atoms with E-state index < -0.39 is 23.1 Å². The van der Waals surface area contributed by atoms with Gasteiger partial charge in [0.05, 0.1) is 0 Å². The average Bonchev–Trinajstić information content (AvgIpc) is 2.12. The zero-order valence-corrected chi connectivity index (χ0v) is 6.63. The minimum Gasteiger partial charge on any atom is -0.340 e. The fourth-order valence-electron chi connectivity index (χ4n) is 0.747. The van der Waals surface area contributed by atoms with Crippen molar-refractivity contribution in [2.45, 2.75) is 0 Å². The summed E-state index contributed by atoms with van der Waals surface area (Å²) in [5.41, 5.74) is -2.26. The molecule has 1 aromatic heterocycles. The van der Waals surface area contributed by atoms with Gasteiger partial charge in [0.2, 0.25) is 5.82 Å². The number of rotatable bonds is 0. The van der Waals surface area contributed by atoms with Crippen molar-refractivity contribution in [3.8, 4) is 0 Å². The first-order chi connectivity index (χ1) is 6.07. The number of aromatic nitrogens is 2. The van der Waals surface area contributed by atoms with E-state index in [0.717, 1.165) is 0 Å². The van der Waals surface area contributed by atoms with E-state index in [-0.39, 0.29) is 4.57 Å². The molecular formula is C6H6FN3O3. The van der Waals surface area contributed by atoms with Gasteiger partial charge in [0.1, 0.15) is 0 Å². The summed E-state index contributed by atoms with van der Waals surface area (Å²) in [5.74, 6) is -1.19. The minimum atomic E-state index is -1.27. The molecule has 1 amide bonds. The zero-order valence-electron chi connectivity index (χ0n) is 6.63. The number of aromatic amines is 1. The van der Waals surface area contributed by atoms with Gasteiger partial charge in [-0.25, -0.2) is 9.59 Å². The van der Waals surface area contributed by atoms with Crippen molar-refractivity contribution in [3.63, 3.8) is 0 Å². The molecule has 0 bridgehead atoms. The normalized spacial score (nSPS) is 9.69. The largest absolute Gasteiger partial charge is 0.340 e. The third kappa shape index (κ3) is 1.48. The molecular weight excluding hydrogens is 181 g/mol. The molecule has 0 unspecified atom stereocenters. The summed E-state index contributed by atoms with van der Waals surface area (Å²) in [6.07, 6.45) is 0.601. The molecule has 2 N–H and O–H groups in total. The predicted molar refractivity (Wildman–Crippen MR) is 41.1 cm³/mol. The number of nitrogens with zero attached hydrogens (tertiary/aromatic N) is 1. The van der Waals surface area contributed by atoms with Crippen molar-refractivity contribution in [2.24, 2.45) is 0 Å². The van der Waals surface area contributed by atoms with Crippen LogP contribution in [0.5, 0.6) is 0 Å². The molecule has 0 saturated carbocycles. The highest BCUT2D eigenvalue weighted by molar-refractivity contribution is 5.75. The second kappa shape index (κ2) is 3.21. The van der Waals surface area contributed by atoms with E-state index in [0.29, 0.717) is 6.20 Å². The predicted octanol–water partition coefficient (Wildman–Crippen LogP) is -1.14. The number of H-pyrrole nitrogens is 1. The van der Waals surface area contributed by atoms with Crippen molar-refractivity contribution in [2.75, 3.05) is 7.05 Å². The summed E-state index contributed by atoms with van der Waals surface area (Å²) in [5, 5.41) is 2.03. The Morgan fingerprint density at radius 2 is 2.23 bits per heavy atom. The zero-order chi connectivity index (χ0) is 10.0. The number of halogens is 1. The van der Waals surface area contributed by atoms with Crippen LogP contribution in [0.25, 0.3) is 0 Å². The first kappa shape index (κ1) is 9.17. The molecule has 0 fully saturated rings. The van der Waals surface area contributed by atoms with E-state index >= 15 is 0 Å². The van der Waals surface area contributed by atoms with Gasteiger partial charge >= 0.3 is 17.3 Å². The van der Waals surface area contributed by atoms with Crippen LogP contribution >= 0.6 is 0 Å². The topological polar surface area (TPSA) is 84.0 Å². The number of hydrogen-bond donors (Lipinski definition) is 2. The van der Waals surface area contributed by atoms with Crippen LogP contribution in [0.15, 0.2) is 15.8 Å². The van der Waals surface area contributed by atoms with Gasteiger partial charge in [0.15, 0.2) is 0 Å². The first-order valence-corrected chi connectivity index (χ1v) is 3.30. The third-order valence-corrected chi connectivity index (χ3v) is 1.35. The first-order valence-electron chi connectivity index (χ1n) is 3.30. The van der Waals surface area contributed by atoms with E-state index in [1.807, 2.05) is 10.3 Å². The Kier molecular flexibility index (Phi) is 2.27. The monoisotopic (exact) mass is 187 g/mol. The van der Waals surface area contributed by atoms with E-state index in [1.165, 1.54) is 7.05 Å². The lowest BCUT2D eigenvalue weighted by atomic mass is 10.6. The van der Waals surface area contributed by atoms with Gasteiger partial charge < -0.3 is 10.3 Å². The van der Waals surface area contributed by atoms with Crippen LogP contribution in [0.3, 0.4) is 0 Å². The minimum absolute atomic E-state index is 0.134. The number of amides is 1. The van der Waals surface area contributed by atoms with Crippen molar-refractivity contribution in [1.82, 2.24) is 14.9 Å². The molecule has 0 atom stereocenters. The van der Waals surface area contributed by atoms with Gasteiger partial charge in [0.25, 0.3) is 0 Å². The SMILES string of the molecule is CNC(=O)n1c(=O)[nH]cc(F)c1=O. The van der Waals surface area contributed by atoms with Crippen LogP contribution < -0.4 is 16.6 Å².